The molecule has 0 unspecified atom stereocenters. The number of nitrogens with zero attached hydrogens (tertiary/aromatic N) is 3. The summed E-state index contributed by atoms with van der Waals surface area (Å²) in [5.41, 5.74) is 1.81. The van der Waals surface area contributed by atoms with Crippen LogP contribution in [-0.2, 0) is 10.0 Å². The molecule has 8 heteroatoms. The van der Waals surface area contributed by atoms with Crippen LogP contribution < -0.4 is 0 Å². The number of nitrogens with one attached hydrogen (secondary N) is 1. The predicted molar refractivity (Wildman–Crippen MR) is 85.5 cm³/mol. The van der Waals surface area contributed by atoms with Crippen molar-refractivity contribution >= 4 is 10.0 Å². The van der Waals surface area contributed by atoms with Crippen molar-refractivity contribution in [2.24, 2.45) is 5.92 Å². The van der Waals surface area contributed by atoms with Crippen LogP contribution in [0.1, 0.15) is 37.0 Å². The lowest BCUT2D eigenvalue weighted by molar-refractivity contribution is 0.281. The van der Waals surface area contributed by atoms with E-state index in [9.17, 15) is 8.42 Å². The fraction of sp³-hybridized carbons (Fsp3) is 0.600. The number of hydrogen-bond donors (Lipinski definition) is 1. The van der Waals surface area contributed by atoms with Crippen LogP contribution in [0.3, 0.4) is 0 Å². The van der Waals surface area contributed by atoms with Crippen molar-refractivity contribution in [2.45, 2.75) is 45.4 Å². The van der Waals surface area contributed by atoms with E-state index in [1.807, 2.05) is 6.92 Å². The Hall–Kier alpha value is -1.67. The van der Waals surface area contributed by atoms with Crippen LogP contribution in [0.2, 0.25) is 0 Å². The molecule has 0 radical (unpaired) electrons. The molecule has 1 saturated heterocycles. The van der Waals surface area contributed by atoms with Crippen molar-refractivity contribution in [3.8, 4) is 11.5 Å². The maximum absolute atomic E-state index is 13.2. The molecule has 0 aromatic carbocycles. The highest BCUT2D eigenvalue weighted by Gasteiger charge is 2.35. The van der Waals surface area contributed by atoms with Gasteiger partial charge >= 0.3 is 0 Å². The number of H-pyrrole nitrogens is 1. The quantitative estimate of drug-likeness (QED) is 0.928. The molecule has 1 aliphatic heterocycles. The lowest BCUT2D eigenvalue weighted by Crippen LogP contribution is -2.39. The SMILES string of the molecule is Cc1nnc(-c2c(C)[nH]c(C)c2S(=O)(=O)N2CCC[C@@H](C)C2)o1. The van der Waals surface area contributed by atoms with Gasteiger partial charge in [-0.25, -0.2) is 8.42 Å². The summed E-state index contributed by atoms with van der Waals surface area (Å²) >= 11 is 0. The molecule has 7 nitrogen and oxygen atoms in total. The summed E-state index contributed by atoms with van der Waals surface area (Å²) < 4.78 is 33.4. The molecule has 0 aliphatic carbocycles. The van der Waals surface area contributed by atoms with E-state index in [1.54, 1.807) is 18.2 Å². The van der Waals surface area contributed by atoms with Gasteiger partial charge in [0, 0.05) is 31.4 Å². The third kappa shape index (κ3) is 2.81. The van der Waals surface area contributed by atoms with Crippen molar-refractivity contribution in [3.05, 3.63) is 17.3 Å². The summed E-state index contributed by atoms with van der Waals surface area (Å²) in [5.74, 6) is 1.02. The molecule has 0 saturated carbocycles. The van der Waals surface area contributed by atoms with Crippen LogP contribution in [0.25, 0.3) is 11.5 Å². The van der Waals surface area contributed by atoms with E-state index in [0.29, 0.717) is 36.2 Å². The molecule has 126 valence electrons. The molecule has 1 fully saturated rings. The molecule has 0 amide bonds. The minimum absolute atomic E-state index is 0.244. The van der Waals surface area contributed by atoms with Gasteiger partial charge in [0.2, 0.25) is 15.9 Å². The zero-order valence-electron chi connectivity index (χ0n) is 13.9. The third-order valence-electron chi connectivity index (χ3n) is 4.28. The topological polar surface area (TPSA) is 92.1 Å². The fourth-order valence-electron chi connectivity index (χ4n) is 3.23. The monoisotopic (exact) mass is 338 g/mol. The van der Waals surface area contributed by atoms with Crippen molar-refractivity contribution in [3.63, 3.8) is 0 Å². The second kappa shape index (κ2) is 5.76. The predicted octanol–water partition coefficient (Wildman–Crippen LogP) is 2.41. The maximum atomic E-state index is 13.2. The molecule has 3 heterocycles. The van der Waals surface area contributed by atoms with Crippen molar-refractivity contribution in [2.75, 3.05) is 13.1 Å². The van der Waals surface area contributed by atoms with E-state index in [2.05, 4.69) is 22.1 Å². The minimum Gasteiger partial charge on any atom is -0.421 e. The number of piperidine rings is 1. The Labute approximate surface area is 136 Å². The second-order valence-corrected chi connectivity index (χ2v) is 8.19. The zero-order chi connectivity index (χ0) is 16.8. The van der Waals surface area contributed by atoms with Crippen molar-refractivity contribution in [1.29, 1.82) is 0 Å². The number of aromatic amines is 1. The Morgan fingerprint density at radius 1 is 1.22 bits per heavy atom. The van der Waals surface area contributed by atoms with E-state index in [1.165, 1.54) is 0 Å². The summed E-state index contributed by atoms with van der Waals surface area (Å²) in [6.45, 7) is 8.46. The van der Waals surface area contributed by atoms with Crippen LogP contribution in [0.15, 0.2) is 9.31 Å². The summed E-state index contributed by atoms with van der Waals surface area (Å²) in [4.78, 5) is 3.36. The molecular weight excluding hydrogens is 316 g/mol. The highest BCUT2D eigenvalue weighted by atomic mass is 32.2. The van der Waals surface area contributed by atoms with E-state index < -0.39 is 10.0 Å². The highest BCUT2D eigenvalue weighted by Crippen LogP contribution is 2.35. The first-order valence-electron chi connectivity index (χ1n) is 7.80. The molecular formula is C15H22N4O3S. The molecule has 23 heavy (non-hydrogen) atoms. The average Bonchev–Trinajstić information content (AvgIpc) is 3.02. The number of sulfonamides is 1. The molecule has 1 atom stereocenters. The van der Waals surface area contributed by atoms with Gasteiger partial charge in [0.25, 0.3) is 5.89 Å². The number of rotatable bonds is 3. The van der Waals surface area contributed by atoms with Gasteiger partial charge in [-0.1, -0.05) is 6.92 Å². The first-order chi connectivity index (χ1) is 10.8. The highest BCUT2D eigenvalue weighted by molar-refractivity contribution is 7.89. The van der Waals surface area contributed by atoms with E-state index in [4.69, 9.17) is 4.42 Å². The van der Waals surface area contributed by atoms with E-state index in [0.717, 1.165) is 18.5 Å². The molecule has 0 spiro atoms. The standard InChI is InChI=1S/C15H22N4O3S/c1-9-6-5-7-19(8-9)23(20,21)14-11(3)16-10(2)13(14)15-18-17-12(4)22-15/h9,16H,5-8H2,1-4H3/t9-/m1/s1. The number of aromatic nitrogens is 3. The third-order valence-corrected chi connectivity index (χ3v) is 6.31. The van der Waals surface area contributed by atoms with Crippen LogP contribution in [0.4, 0.5) is 0 Å². The Balaban J connectivity index is 2.12. The summed E-state index contributed by atoms with van der Waals surface area (Å²) in [5, 5.41) is 7.83. The van der Waals surface area contributed by atoms with Gasteiger partial charge in [-0.15, -0.1) is 10.2 Å². The average molecular weight is 338 g/mol. The normalized spacial score (nSPS) is 20.1. The van der Waals surface area contributed by atoms with Crippen LogP contribution in [-0.4, -0.2) is 41.0 Å². The Bertz CT molecular complexity index is 822. The van der Waals surface area contributed by atoms with Gasteiger partial charge < -0.3 is 9.40 Å². The first-order valence-corrected chi connectivity index (χ1v) is 9.24. The second-order valence-electron chi connectivity index (χ2n) is 6.32. The fourth-order valence-corrected chi connectivity index (χ4v) is 5.24. The zero-order valence-corrected chi connectivity index (χ0v) is 14.7. The molecule has 2 aromatic heterocycles. The Morgan fingerprint density at radius 3 is 2.57 bits per heavy atom. The lowest BCUT2D eigenvalue weighted by Gasteiger charge is -2.30. The summed E-state index contributed by atoms with van der Waals surface area (Å²) in [7, 11) is -3.60. The maximum Gasteiger partial charge on any atom is 0.250 e. The van der Waals surface area contributed by atoms with Gasteiger partial charge in [0.05, 0.1) is 5.56 Å². The number of aryl methyl sites for hydroxylation is 3. The van der Waals surface area contributed by atoms with Crippen molar-refractivity contribution in [1.82, 2.24) is 19.5 Å². The van der Waals surface area contributed by atoms with Gasteiger partial charge in [-0.2, -0.15) is 4.31 Å². The van der Waals surface area contributed by atoms with Crippen LogP contribution >= 0.6 is 0 Å². The van der Waals surface area contributed by atoms with Gasteiger partial charge in [0.15, 0.2) is 0 Å². The van der Waals surface area contributed by atoms with Crippen LogP contribution in [0, 0.1) is 26.7 Å². The largest absolute Gasteiger partial charge is 0.421 e. The summed E-state index contributed by atoms with van der Waals surface area (Å²) in [6.07, 6.45) is 1.95. The van der Waals surface area contributed by atoms with Gasteiger partial charge in [0.1, 0.15) is 4.90 Å². The van der Waals surface area contributed by atoms with Crippen LogP contribution in [0.5, 0.6) is 0 Å². The van der Waals surface area contributed by atoms with Gasteiger partial charge in [-0.3, -0.25) is 0 Å². The lowest BCUT2D eigenvalue weighted by atomic mass is 10.0. The molecule has 3 rings (SSSR count). The van der Waals surface area contributed by atoms with E-state index >= 15 is 0 Å². The van der Waals surface area contributed by atoms with E-state index in [-0.39, 0.29) is 10.8 Å². The Kier molecular flexibility index (Phi) is 4.05. The smallest absolute Gasteiger partial charge is 0.250 e. The molecule has 2 aromatic rings. The summed E-state index contributed by atoms with van der Waals surface area (Å²) in [6, 6.07) is 0. The Morgan fingerprint density at radius 2 is 1.96 bits per heavy atom. The minimum atomic E-state index is -3.60. The van der Waals surface area contributed by atoms with Gasteiger partial charge in [-0.05, 0) is 32.6 Å². The molecule has 1 N–H and O–H groups in total. The van der Waals surface area contributed by atoms with Crippen molar-refractivity contribution < 1.29 is 12.8 Å². The first kappa shape index (κ1) is 16.2. The number of hydrogen-bond acceptors (Lipinski definition) is 5. The molecule has 1 aliphatic rings. The molecule has 0 bridgehead atoms.